The Balaban J connectivity index is 2.35. The van der Waals surface area contributed by atoms with Gasteiger partial charge in [-0.05, 0) is 31.5 Å². The lowest BCUT2D eigenvalue weighted by atomic mass is 9.86. The predicted octanol–water partition coefficient (Wildman–Crippen LogP) is 2.05. The number of aliphatic hydroxyl groups is 1. The summed E-state index contributed by atoms with van der Waals surface area (Å²) >= 11 is 5.92. The molecule has 15 heavy (non-hydrogen) atoms. The second-order valence-corrected chi connectivity index (χ2v) is 4.34. The van der Waals surface area contributed by atoms with Crippen LogP contribution < -0.4 is 5.32 Å². The monoisotopic (exact) mass is 229 g/mol. The van der Waals surface area contributed by atoms with Crippen LogP contribution in [-0.4, -0.2) is 18.2 Å². The maximum Gasteiger partial charge on any atom is 0.124 e. The molecule has 1 aromatic carbocycles. The first-order valence-corrected chi connectivity index (χ1v) is 5.38. The smallest absolute Gasteiger partial charge is 0.124 e. The van der Waals surface area contributed by atoms with Crippen molar-refractivity contribution in [3.05, 3.63) is 34.6 Å². The van der Waals surface area contributed by atoms with Gasteiger partial charge >= 0.3 is 0 Å². The molecule has 2 rings (SSSR count). The van der Waals surface area contributed by atoms with Gasteiger partial charge in [-0.25, -0.2) is 4.39 Å². The van der Waals surface area contributed by atoms with Crippen molar-refractivity contribution < 1.29 is 9.50 Å². The predicted molar refractivity (Wildman–Crippen MR) is 57.4 cm³/mol. The molecule has 1 atom stereocenters. The third kappa shape index (κ3) is 2.14. The SMILES string of the molecule is OC1(c2ccc(F)cc2Cl)CCCNC1. The number of rotatable bonds is 1. The van der Waals surface area contributed by atoms with Crippen LogP contribution in [0.25, 0.3) is 0 Å². The van der Waals surface area contributed by atoms with E-state index in [0.717, 1.165) is 13.0 Å². The maximum atomic E-state index is 12.9. The Kier molecular flexibility index (Phi) is 2.96. The maximum absolute atomic E-state index is 12.9. The van der Waals surface area contributed by atoms with Gasteiger partial charge in [0, 0.05) is 17.1 Å². The van der Waals surface area contributed by atoms with Crippen LogP contribution in [0, 0.1) is 5.82 Å². The second kappa shape index (κ2) is 4.08. The molecule has 1 unspecified atom stereocenters. The number of hydrogen-bond donors (Lipinski definition) is 2. The van der Waals surface area contributed by atoms with Crippen molar-refractivity contribution in [2.24, 2.45) is 0 Å². The molecule has 2 nitrogen and oxygen atoms in total. The number of halogens is 2. The Morgan fingerprint density at radius 3 is 2.87 bits per heavy atom. The second-order valence-electron chi connectivity index (χ2n) is 3.94. The highest BCUT2D eigenvalue weighted by molar-refractivity contribution is 6.31. The lowest BCUT2D eigenvalue weighted by Crippen LogP contribution is -2.43. The molecule has 0 aliphatic carbocycles. The minimum absolute atomic E-state index is 0.293. The molecule has 0 bridgehead atoms. The summed E-state index contributed by atoms with van der Waals surface area (Å²) in [6, 6.07) is 4.13. The van der Waals surface area contributed by atoms with Gasteiger partial charge in [0.1, 0.15) is 11.4 Å². The van der Waals surface area contributed by atoms with E-state index < -0.39 is 5.60 Å². The van der Waals surface area contributed by atoms with Crippen LogP contribution >= 0.6 is 11.6 Å². The van der Waals surface area contributed by atoms with E-state index in [2.05, 4.69) is 5.32 Å². The summed E-state index contributed by atoms with van der Waals surface area (Å²) in [5, 5.41) is 13.8. The lowest BCUT2D eigenvalue weighted by molar-refractivity contribution is 0.0123. The average Bonchev–Trinajstić information content (AvgIpc) is 2.18. The van der Waals surface area contributed by atoms with Crippen LogP contribution in [0.4, 0.5) is 4.39 Å². The van der Waals surface area contributed by atoms with Crippen molar-refractivity contribution in [1.82, 2.24) is 5.32 Å². The Hall–Kier alpha value is -0.640. The zero-order valence-corrected chi connectivity index (χ0v) is 9.02. The number of piperidine rings is 1. The Bertz CT molecular complexity index is 364. The van der Waals surface area contributed by atoms with E-state index >= 15 is 0 Å². The zero-order valence-electron chi connectivity index (χ0n) is 8.26. The van der Waals surface area contributed by atoms with Crippen LogP contribution in [0.15, 0.2) is 18.2 Å². The minimum Gasteiger partial charge on any atom is -0.384 e. The topological polar surface area (TPSA) is 32.3 Å². The first-order chi connectivity index (χ1) is 7.12. The molecule has 2 N–H and O–H groups in total. The van der Waals surface area contributed by atoms with Crippen molar-refractivity contribution in [2.45, 2.75) is 18.4 Å². The molecule has 1 fully saturated rings. The standard InChI is InChI=1S/C11H13ClFNO/c12-10-6-8(13)2-3-9(10)11(15)4-1-5-14-7-11/h2-3,6,14-15H,1,4-5,7H2. The Morgan fingerprint density at radius 1 is 1.47 bits per heavy atom. The van der Waals surface area contributed by atoms with E-state index in [1.807, 2.05) is 0 Å². The number of β-amino-alcohol motifs (C(OH)–C–C–N with tert-alkyl or cyclic N) is 1. The number of nitrogens with one attached hydrogen (secondary N) is 1. The van der Waals surface area contributed by atoms with Crippen LogP contribution in [0.5, 0.6) is 0 Å². The molecule has 0 saturated carbocycles. The van der Waals surface area contributed by atoms with Gasteiger partial charge in [0.15, 0.2) is 0 Å². The first-order valence-electron chi connectivity index (χ1n) is 5.00. The van der Waals surface area contributed by atoms with Gasteiger partial charge < -0.3 is 10.4 Å². The van der Waals surface area contributed by atoms with Crippen molar-refractivity contribution in [3.8, 4) is 0 Å². The summed E-state index contributed by atoms with van der Waals surface area (Å²) in [6.07, 6.45) is 1.55. The summed E-state index contributed by atoms with van der Waals surface area (Å²) in [5.41, 5.74) is -0.346. The van der Waals surface area contributed by atoms with E-state index in [0.29, 0.717) is 23.6 Å². The average molecular weight is 230 g/mol. The summed E-state index contributed by atoms with van der Waals surface area (Å²) in [4.78, 5) is 0. The summed E-state index contributed by atoms with van der Waals surface area (Å²) < 4.78 is 12.9. The molecule has 1 heterocycles. The van der Waals surface area contributed by atoms with Crippen LogP contribution in [0.3, 0.4) is 0 Å². The largest absolute Gasteiger partial charge is 0.384 e. The molecule has 4 heteroatoms. The molecule has 0 aromatic heterocycles. The molecule has 1 saturated heterocycles. The van der Waals surface area contributed by atoms with Gasteiger partial charge in [0.2, 0.25) is 0 Å². The van der Waals surface area contributed by atoms with Gasteiger partial charge in [-0.3, -0.25) is 0 Å². The van der Waals surface area contributed by atoms with Crippen molar-refractivity contribution in [1.29, 1.82) is 0 Å². The van der Waals surface area contributed by atoms with E-state index in [1.54, 1.807) is 6.07 Å². The van der Waals surface area contributed by atoms with Crippen molar-refractivity contribution >= 4 is 11.6 Å². The van der Waals surface area contributed by atoms with E-state index in [9.17, 15) is 9.50 Å². The molecule has 0 amide bonds. The highest BCUT2D eigenvalue weighted by Crippen LogP contribution is 2.33. The van der Waals surface area contributed by atoms with Gasteiger partial charge in [0.25, 0.3) is 0 Å². The van der Waals surface area contributed by atoms with Crippen molar-refractivity contribution in [3.63, 3.8) is 0 Å². The van der Waals surface area contributed by atoms with Gasteiger partial charge in [0.05, 0.1) is 0 Å². The lowest BCUT2D eigenvalue weighted by Gasteiger charge is -2.33. The van der Waals surface area contributed by atoms with Crippen molar-refractivity contribution in [2.75, 3.05) is 13.1 Å². The Labute approximate surface area is 93.1 Å². The summed E-state index contributed by atoms with van der Waals surface area (Å²) in [6.45, 7) is 1.37. The molecule has 0 spiro atoms. The molecule has 82 valence electrons. The van der Waals surface area contributed by atoms with Crippen LogP contribution in [0.1, 0.15) is 18.4 Å². The van der Waals surface area contributed by atoms with Crippen LogP contribution in [-0.2, 0) is 5.60 Å². The van der Waals surface area contributed by atoms with E-state index in [-0.39, 0.29) is 5.82 Å². The molecular formula is C11H13ClFNO. The molecule has 1 aliphatic heterocycles. The number of benzene rings is 1. The minimum atomic E-state index is -0.955. The zero-order chi connectivity index (χ0) is 10.9. The van der Waals surface area contributed by atoms with E-state index in [1.165, 1.54) is 12.1 Å². The van der Waals surface area contributed by atoms with Gasteiger partial charge in [-0.1, -0.05) is 17.7 Å². The fourth-order valence-electron chi connectivity index (χ4n) is 1.99. The van der Waals surface area contributed by atoms with Gasteiger partial charge in [-0.15, -0.1) is 0 Å². The first kappa shape index (κ1) is 10.9. The number of hydrogen-bond acceptors (Lipinski definition) is 2. The molecule has 1 aromatic rings. The van der Waals surface area contributed by atoms with E-state index in [4.69, 9.17) is 11.6 Å². The van der Waals surface area contributed by atoms with Gasteiger partial charge in [-0.2, -0.15) is 0 Å². The summed E-state index contributed by atoms with van der Waals surface area (Å²) in [5.74, 6) is -0.379. The fourth-order valence-corrected chi connectivity index (χ4v) is 2.33. The fraction of sp³-hybridized carbons (Fsp3) is 0.455. The molecular weight excluding hydrogens is 217 g/mol. The third-order valence-corrected chi connectivity index (χ3v) is 3.11. The summed E-state index contributed by atoms with van der Waals surface area (Å²) in [7, 11) is 0. The highest BCUT2D eigenvalue weighted by atomic mass is 35.5. The molecule has 0 radical (unpaired) electrons. The Morgan fingerprint density at radius 2 is 2.27 bits per heavy atom. The molecule has 1 aliphatic rings. The third-order valence-electron chi connectivity index (χ3n) is 2.79. The quantitative estimate of drug-likeness (QED) is 0.773. The van der Waals surface area contributed by atoms with Crippen LogP contribution in [0.2, 0.25) is 5.02 Å². The highest BCUT2D eigenvalue weighted by Gasteiger charge is 2.32. The normalized spacial score (nSPS) is 26.6.